The minimum absolute atomic E-state index is 0.493. The Bertz CT molecular complexity index is 324. The molecule has 0 radical (unpaired) electrons. The molecule has 14 heavy (non-hydrogen) atoms. The van der Waals surface area contributed by atoms with Crippen molar-refractivity contribution in [1.82, 2.24) is 0 Å². The predicted molar refractivity (Wildman–Crippen MR) is 52.7 cm³/mol. The molecule has 2 nitrogen and oxygen atoms in total. The van der Waals surface area contributed by atoms with Gasteiger partial charge in [0.05, 0.1) is 5.92 Å². The quantitative estimate of drug-likeness (QED) is 0.736. The van der Waals surface area contributed by atoms with Gasteiger partial charge in [0.15, 0.2) is 0 Å². The van der Waals surface area contributed by atoms with Crippen molar-refractivity contribution in [1.29, 1.82) is 0 Å². The van der Waals surface area contributed by atoms with Crippen molar-refractivity contribution in [3.05, 3.63) is 36.0 Å². The highest BCUT2D eigenvalue weighted by Gasteiger charge is 2.22. The van der Waals surface area contributed by atoms with Crippen LogP contribution in [-0.2, 0) is 4.79 Å². The Morgan fingerprint density at radius 1 is 1.57 bits per heavy atom. The largest absolute Gasteiger partial charge is 0.481 e. The summed E-state index contributed by atoms with van der Waals surface area (Å²) in [6.45, 7) is 2.94. The third-order valence-corrected chi connectivity index (χ3v) is 2.14. The van der Waals surface area contributed by atoms with Gasteiger partial charge in [0.2, 0.25) is 0 Å². The molecule has 76 valence electrons. The van der Waals surface area contributed by atoms with Crippen LogP contribution >= 0.6 is 0 Å². The summed E-state index contributed by atoms with van der Waals surface area (Å²) in [5, 5.41) is 8.78. The second-order valence-corrected chi connectivity index (χ2v) is 3.57. The first-order chi connectivity index (χ1) is 6.42. The van der Waals surface area contributed by atoms with Crippen molar-refractivity contribution < 1.29 is 14.3 Å². The Balaban J connectivity index is 2.99. The van der Waals surface area contributed by atoms with Crippen LogP contribution in [0.5, 0.6) is 0 Å². The van der Waals surface area contributed by atoms with Gasteiger partial charge < -0.3 is 5.11 Å². The number of alkyl halides is 1. The first-order valence-corrected chi connectivity index (χ1v) is 4.43. The second kappa shape index (κ2) is 3.78. The molecule has 3 heteroatoms. The van der Waals surface area contributed by atoms with E-state index in [0.29, 0.717) is 5.57 Å². The van der Waals surface area contributed by atoms with Crippen LogP contribution in [0.2, 0.25) is 0 Å². The molecule has 1 N–H and O–H groups in total. The van der Waals surface area contributed by atoms with Gasteiger partial charge in [-0.15, -0.1) is 0 Å². The number of halogens is 1. The monoisotopic (exact) mass is 196 g/mol. The molecule has 1 aliphatic carbocycles. The SMILES string of the molecule is CC(C(=O)O)C1=CC(C)(F)C=CC=C1. The maximum atomic E-state index is 13.6. The minimum atomic E-state index is -1.57. The minimum Gasteiger partial charge on any atom is -0.481 e. The van der Waals surface area contributed by atoms with E-state index in [0.717, 1.165) is 0 Å². The molecule has 0 saturated heterocycles. The van der Waals surface area contributed by atoms with Gasteiger partial charge in [-0.1, -0.05) is 18.2 Å². The lowest BCUT2D eigenvalue weighted by Gasteiger charge is -2.13. The summed E-state index contributed by atoms with van der Waals surface area (Å²) in [6.07, 6.45) is 7.59. The van der Waals surface area contributed by atoms with Crippen LogP contribution in [0.4, 0.5) is 4.39 Å². The molecule has 0 fully saturated rings. The van der Waals surface area contributed by atoms with E-state index in [1.54, 1.807) is 25.2 Å². The van der Waals surface area contributed by atoms with Crippen LogP contribution < -0.4 is 0 Å². The van der Waals surface area contributed by atoms with Crippen molar-refractivity contribution in [2.45, 2.75) is 19.5 Å². The lowest BCUT2D eigenvalue weighted by Crippen LogP contribution is -2.16. The number of carbonyl (C=O) groups is 1. The summed E-state index contributed by atoms with van der Waals surface area (Å²) >= 11 is 0. The number of hydrogen-bond acceptors (Lipinski definition) is 1. The third-order valence-electron chi connectivity index (χ3n) is 2.14. The maximum absolute atomic E-state index is 13.6. The van der Waals surface area contributed by atoms with Gasteiger partial charge >= 0.3 is 5.97 Å². The van der Waals surface area contributed by atoms with Crippen molar-refractivity contribution in [2.75, 3.05) is 0 Å². The average molecular weight is 196 g/mol. The molecule has 0 aromatic heterocycles. The molecule has 2 atom stereocenters. The molecule has 0 saturated carbocycles. The van der Waals surface area contributed by atoms with Crippen LogP contribution in [0.25, 0.3) is 0 Å². The Hall–Kier alpha value is -1.38. The summed E-state index contributed by atoms with van der Waals surface area (Å²) in [5.41, 5.74) is -1.07. The zero-order valence-electron chi connectivity index (χ0n) is 8.20. The zero-order chi connectivity index (χ0) is 10.8. The zero-order valence-corrected chi connectivity index (χ0v) is 8.20. The molecule has 0 amide bonds. The third kappa shape index (κ3) is 2.55. The van der Waals surface area contributed by atoms with Gasteiger partial charge in [-0.05, 0) is 31.6 Å². The van der Waals surface area contributed by atoms with Crippen molar-refractivity contribution in [3.8, 4) is 0 Å². The summed E-state index contributed by atoms with van der Waals surface area (Å²) in [5.74, 6) is -1.63. The van der Waals surface area contributed by atoms with Crippen LogP contribution in [0.1, 0.15) is 13.8 Å². The van der Waals surface area contributed by atoms with E-state index in [4.69, 9.17) is 5.11 Å². The highest BCUT2D eigenvalue weighted by atomic mass is 19.1. The van der Waals surface area contributed by atoms with Crippen LogP contribution in [0.3, 0.4) is 0 Å². The fourth-order valence-electron chi connectivity index (χ4n) is 1.24. The van der Waals surface area contributed by atoms with Crippen molar-refractivity contribution >= 4 is 5.97 Å². The molecule has 0 aromatic carbocycles. The number of carboxylic acid groups (broad SMARTS) is 1. The molecule has 0 spiro atoms. The number of carboxylic acids is 1. The highest BCUT2D eigenvalue weighted by molar-refractivity contribution is 5.74. The molecule has 0 aromatic rings. The maximum Gasteiger partial charge on any atom is 0.310 e. The Labute approximate surface area is 82.4 Å². The second-order valence-electron chi connectivity index (χ2n) is 3.57. The molecule has 1 rings (SSSR count). The average Bonchev–Trinajstić information content (AvgIpc) is 2.24. The number of aliphatic carboxylic acids is 1. The molecular weight excluding hydrogens is 183 g/mol. The van der Waals surface area contributed by atoms with E-state index in [2.05, 4.69) is 0 Å². The van der Waals surface area contributed by atoms with Gasteiger partial charge in [-0.3, -0.25) is 4.79 Å². The topological polar surface area (TPSA) is 37.3 Å². The number of hydrogen-bond donors (Lipinski definition) is 1. The molecular formula is C11H13FO2. The molecule has 0 bridgehead atoms. The van der Waals surface area contributed by atoms with Crippen LogP contribution in [-0.4, -0.2) is 16.7 Å². The summed E-state index contributed by atoms with van der Waals surface area (Å²) in [6, 6.07) is 0. The van der Waals surface area contributed by atoms with Gasteiger partial charge in [0.25, 0.3) is 0 Å². The first-order valence-electron chi connectivity index (χ1n) is 4.43. The van der Waals surface area contributed by atoms with E-state index in [1.165, 1.54) is 19.1 Å². The van der Waals surface area contributed by atoms with Crippen LogP contribution in [0, 0.1) is 5.92 Å². The Morgan fingerprint density at radius 3 is 2.79 bits per heavy atom. The van der Waals surface area contributed by atoms with Crippen LogP contribution in [0.15, 0.2) is 36.0 Å². The summed E-state index contributed by atoms with van der Waals surface area (Å²) in [4.78, 5) is 10.7. The highest BCUT2D eigenvalue weighted by Crippen LogP contribution is 2.24. The van der Waals surface area contributed by atoms with E-state index in [-0.39, 0.29) is 0 Å². The Morgan fingerprint density at radius 2 is 2.21 bits per heavy atom. The van der Waals surface area contributed by atoms with Gasteiger partial charge in [0, 0.05) is 0 Å². The smallest absolute Gasteiger partial charge is 0.310 e. The normalized spacial score (nSPS) is 28.1. The van der Waals surface area contributed by atoms with E-state index >= 15 is 0 Å². The van der Waals surface area contributed by atoms with Gasteiger partial charge in [-0.2, -0.15) is 0 Å². The first kappa shape index (κ1) is 10.7. The molecule has 0 heterocycles. The van der Waals surface area contributed by atoms with Crippen molar-refractivity contribution in [2.24, 2.45) is 5.92 Å². The standard InChI is InChI=1S/C11H13FO2/c1-8(10(13)14)9-5-3-4-6-11(2,12)7-9/h3-8H,1-2H3,(H,13,14). The lowest BCUT2D eigenvalue weighted by molar-refractivity contribution is -0.139. The summed E-state index contributed by atoms with van der Waals surface area (Å²) < 4.78 is 13.6. The molecule has 2 unspecified atom stereocenters. The summed E-state index contributed by atoms with van der Waals surface area (Å²) in [7, 11) is 0. The van der Waals surface area contributed by atoms with Gasteiger partial charge in [-0.25, -0.2) is 4.39 Å². The Kier molecular flexibility index (Phi) is 2.89. The van der Waals surface area contributed by atoms with E-state index in [9.17, 15) is 9.18 Å². The lowest BCUT2D eigenvalue weighted by atomic mass is 9.96. The number of rotatable bonds is 2. The predicted octanol–water partition coefficient (Wildman–Crippen LogP) is 2.49. The number of allylic oxidation sites excluding steroid dienone is 5. The molecule has 0 aliphatic heterocycles. The van der Waals surface area contributed by atoms with Gasteiger partial charge in [0.1, 0.15) is 5.67 Å². The van der Waals surface area contributed by atoms with Crippen molar-refractivity contribution in [3.63, 3.8) is 0 Å². The molecule has 1 aliphatic rings. The van der Waals surface area contributed by atoms with E-state index < -0.39 is 17.6 Å². The fraction of sp³-hybridized carbons (Fsp3) is 0.364. The van der Waals surface area contributed by atoms with E-state index in [1.807, 2.05) is 0 Å². The fourth-order valence-corrected chi connectivity index (χ4v) is 1.24.